The van der Waals surface area contributed by atoms with Crippen LogP contribution in [0.4, 0.5) is 5.69 Å². The van der Waals surface area contributed by atoms with Crippen LogP contribution in [0, 0.1) is 5.92 Å². The van der Waals surface area contributed by atoms with Gasteiger partial charge < -0.3 is 5.32 Å². The number of rotatable bonds is 4. The molecule has 2 N–H and O–H groups in total. The molecule has 0 aromatic heterocycles. The van der Waals surface area contributed by atoms with E-state index in [0.717, 1.165) is 17.2 Å². The summed E-state index contributed by atoms with van der Waals surface area (Å²) in [4.78, 5) is 0. The van der Waals surface area contributed by atoms with Crippen LogP contribution in [-0.4, -0.2) is 10.8 Å². The summed E-state index contributed by atoms with van der Waals surface area (Å²) in [6.07, 6.45) is 2.22. The highest BCUT2D eigenvalue weighted by Gasteiger charge is 2.36. The second-order valence-corrected chi connectivity index (χ2v) is 5.86. The zero-order valence-corrected chi connectivity index (χ0v) is 12.1. The predicted octanol–water partition coefficient (Wildman–Crippen LogP) is 3.04. The first-order chi connectivity index (χ1) is 8.50. The Morgan fingerprint density at radius 3 is 2.56 bits per heavy atom. The maximum Gasteiger partial charge on any atom is 0.189 e. The highest BCUT2D eigenvalue weighted by Crippen LogP contribution is 2.23. The van der Waals surface area contributed by atoms with Crippen LogP contribution in [0.25, 0.3) is 0 Å². The van der Waals surface area contributed by atoms with E-state index < -0.39 is 0 Å². The summed E-state index contributed by atoms with van der Waals surface area (Å²) in [5.74, 6) is 0.699. The average molecular weight is 263 g/mol. The van der Waals surface area contributed by atoms with E-state index in [2.05, 4.69) is 43.6 Å². The highest BCUT2D eigenvalue weighted by atomic mass is 32.1. The lowest BCUT2D eigenvalue weighted by Crippen LogP contribution is -2.48. The first kappa shape index (κ1) is 13.3. The Balaban J connectivity index is 2.07. The van der Waals surface area contributed by atoms with Crippen LogP contribution in [0.2, 0.25) is 0 Å². The fourth-order valence-corrected chi connectivity index (χ4v) is 2.45. The summed E-state index contributed by atoms with van der Waals surface area (Å²) in [7, 11) is 0. The Bertz CT molecular complexity index is 418. The van der Waals surface area contributed by atoms with Crippen molar-refractivity contribution in [3.63, 3.8) is 0 Å². The maximum atomic E-state index is 5.40. The molecule has 1 saturated heterocycles. The number of hydrogen-bond acceptors (Lipinski definition) is 2. The van der Waals surface area contributed by atoms with Crippen molar-refractivity contribution >= 4 is 23.0 Å². The molecule has 0 spiro atoms. The van der Waals surface area contributed by atoms with Crippen LogP contribution >= 0.6 is 12.2 Å². The molecule has 4 heteroatoms. The number of para-hydroxylation sites is 1. The molecular formula is C14H21N3S. The molecule has 0 aliphatic carbocycles. The van der Waals surface area contributed by atoms with Crippen LogP contribution in [0.1, 0.15) is 33.6 Å². The fraction of sp³-hybridized carbons (Fsp3) is 0.500. The van der Waals surface area contributed by atoms with Gasteiger partial charge in [-0.15, -0.1) is 0 Å². The number of hydrazine groups is 1. The van der Waals surface area contributed by atoms with E-state index in [1.807, 2.05) is 23.2 Å². The van der Waals surface area contributed by atoms with Crippen LogP contribution in [-0.2, 0) is 0 Å². The second kappa shape index (κ2) is 5.24. The predicted molar refractivity (Wildman–Crippen MR) is 80.3 cm³/mol. The van der Waals surface area contributed by atoms with Crippen LogP contribution in [0.5, 0.6) is 0 Å². The van der Waals surface area contributed by atoms with Crippen molar-refractivity contribution in [2.45, 2.75) is 39.3 Å². The van der Waals surface area contributed by atoms with Gasteiger partial charge in [-0.2, -0.15) is 0 Å². The van der Waals surface area contributed by atoms with Crippen molar-refractivity contribution in [3.8, 4) is 0 Å². The molecule has 0 unspecified atom stereocenters. The second-order valence-electron chi connectivity index (χ2n) is 5.48. The highest BCUT2D eigenvalue weighted by molar-refractivity contribution is 7.80. The standard InChI is InChI=1S/C14H21N3S/c1-11(2)9-10-14(3)15-13(18)17(16-14)12-7-5-4-6-8-12/h4-8,11,16H,9-10H2,1-3H3,(H,15,18)/t14-/m1/s1. The zero-order chi connectivity index (χ0) is 13.2. The summed E-state index contributed by atoms with van der Waals surface area (Å²) < 4.78 is 0. The summed E-state index contributed by atoms with van der Waals surface area (Å²) in [6.45, 7) is 6.64. The van der Waals surface area contributed by atoms with E-state index in [0.29, 0.717) is 5.92 Å². The van der Waals surface area contributed by atoms with E-state index in [4.69, 9.17) is 12.2 Å². The molecule has 1 aliphatic heterocycles. The molecule has 18 heavy (non-hydrogen) atoms. The minimum Gasteiger partial charge on any atom is -0.342 e. The van der Waals surface area contributed by atoms with Crippen molar-refractivity contribution in [2.75, 3.05) is 5.01 Å². The largest absolute Gasteiger partial charge is 0.342 e. The van der Waals surface area contributed by atoms with Crippen molar-refractivity contribution in [1.82, 2.24) is 10.7 Å². The number of hydrogen-bond donors (Lipinski definition) is 2. The normalized spacial score (nSPS) is 23.6. The molecule has 1 atom stereocenters. The molecule has 2 rings (SSSR count). The monoisotopic (exact) mass is 263 g/mol. The SMILES string of the molecule is CC(C)CC[C@]1(C)NC(=S)N(c2ccccc2)N1. The van der Waals surface area contributed by atoms with Crippen molar-refractivity contribution in [2.24, 2.45) is 5.92 Å². The first-order valence-corrected chi connectivity index (χ1v) is 6.86. The van der Waals surface area contributed by atoms with Crippen LogP contribution in [0.3, 0.4) is 0 Å². The fourth-order valence-electron chi connectivity index (χ4n) is 2.07. The Labute approximate surface area is 115 Å². The van der Waals surface area contributed by atoms with Gasteiger partial charge in [0.2, 0.25) is 0 Å². The molecule has 0 bridgehead atoms. The molecule has 1 aromatic rings. The van der Waals surface area contributed by atoms with Gasteiger partial charge in [-0.3, -0.25) is 5.01 Å². The molecule has 0 saturated carbocycles. The average Bonchev–Trinajstić information content (AvgIpc) is 2.64. The lowest BCUT2D eigenvalue weighted by atomic mass is 10.0. The Kier molecular flexibility index (Phi) is 3.88. The maximum absolute atomic E-state index is 5.40. The van der Waals surface area contributed by atoms with Crippen molar-refractivity contribution < 1.29 is 0 Å². The molecule has 98 valence electrons. The van der Waals surface area contributed by atoms with Gasteiger partial charge in [0.05, 0.1) is 5.69 Å². The summed E-state index contributed by atoms with van der Waals surface area (Å²) >= 11 is 5.40. The molecule has 3 nitrogen and oxygen atoms in total. The third-order valence-electron chi connectivity index (χ3n) is 3.18. The summed E-state index contributed by atoms with van der Waals surface area (Å²) in [6, 6.07) is 10.1. The number of benzene rings is 1. The minimum atomic E-state index is -0.142. The smallest absolute Gasteiger partial charge is 0.189 e. The van der Waals surface area contributed by atoms with E-state index in [1.165, 1.54) is 6.42 Å². The van der Waals surface area contributed by atoms with Crippen molar-refractivity contribution in [1.29, 1.82) is 0 Å². The molecule has 0 amide bonds. The molecular weight excluding hydrogens is 242 g/mol. The quantitative estimate of drug-likeness (QED) is 0.817. The summed E-state index contributed by atoms with van der Waals surface area (Å²) in [5, 5.41) is 6.08. The van der Waals surface area contributed by atoms with Gasteiger partial charge in [-0.25, -0.2) is 5.43 Å². The van der Waals surface area contributed by atoms with E-state index in [9.17, 15) is 0 Å². The lowest BCUT2D eigenvalue weighted by molar-refractivity contribution is 0.318. The third kappa shape index (κ3) is 3.00. The Morgan fingerprint density at radius 1 is 1.28 bits per heavy atom. The van der Waals surface area contributed by atoms with Gasteiger partial charge in [0, 0.05) is 0 Å². The Morgan fingerprint density at radius 2 is 1.94 bits per heavy atom. The topological polar surface area (TPSA) is 27.3 Å². The Hall–Kier alpha value is -1.13. The molecule has 1 fully saturated rings. The lowest BCUT2D eigenvalue weighted by Gasteiger charge is -2.26. The number of anilines is 1. The number of nitrogens with one attached hydrogen (secondary N) is 2. The zero-order valence-electron chi connectivity index (χ0n) is 11.2. The molecule has 1 aromatic carbocycles. The van der Waals surface area contributed by atoms with Crippen LogP contribution in [0.15, 0.2) is 30.3 Å². The molecule has 1 heterocycles. The van der Waals surface area contributed by atoms with E-state index in [-0.39, 0.29) is 5.66 Å². The van der Waals surface area contributed by atoms with Gasteiger partial charge in [0.25, 0.3) is 0 Å². The van der Waals surface area contributed by atoms with Crippen molar-refractivity contribution in [3.05, 3.63) is 30.3 Å². The summed E-state index contributed by atoms with van der Waals surface area (Å²) in [5.41, 5.74) is 4.40. The molecule has 0 radical (unpaired) electrons. The molecule has 1 aliphatic rings. The van der Waals surface area contributed by atoms with E-state index in [1.54, 1.807) is 0 Å². The first-order valence-electron chi connectivity index (χ1n) is 6.45. The third-order valence-corrected chi connectivity index (χ3v) is 3.47. The van der Waals surface area contributed by atoms with Gasteiger partial charge in [-0.1, -0.05) is 32.0 Å². The number of thiocarbonyl (C=S) groups is 1. The van der Waals surface area contributed by atoms with E-state index >= 15 is 0 Å². The number of nitrogens with zero attached hydrogens (tertiary/aromatic N) is 1. The minimum absolute atomic E-state index is 0.142. The van der Waals surface area contributed by atoms with Gasteiger partial charge >= 0.3 is 0 Å². The van der Waals surface area contributed by atoms with Gasteiger partial charge in [0.1, 0.15) is 5.66 Å². The van der Waals surface area contributed by atoms with Gasteiger partial charge in [-0.05, 0) is 50.0 Å². The van der Waals surface area contributed by atoms with Crippen LogP contribution < -0.4 is 15.8 Å². The van der Waals surface area contributed by atoms with Gasteiger partial charge in [0.15, 0.2) is 5.11 Å².